The minimum atomic E-state index is -1.20. The van der Waals surface area contributed by atoms with Gasteiger partial charge in [0.25, 0.3) is 0 Å². The van der Waals surface area contributed by atoms with Gasteiger partial charge in [0.1, 0.15) is 5.92 Å². The van der Waals surface area contributed by atoms with Gasteiger partial charge in [-0.25, -0.2) is 0 Å². The molecule has 0 aliphatic rings. The number of hydrogen-bond acceptors (Lipinski definition) is 3. The summed E-state index contributed by atoms with van der Waals surface area (Å²) in [6.45, 7) is 3.50. The monoisotopic (exact) mass is 349 g/mol. The molecule has 5 nitrogen and oxygen atoms in total. The van der Waals surface area contributed by atoms with Crippen molar-refractivity contribution in [3.05, 3.63) is 21.6 Å². The molecule has 0 aromatic heterocycles. The molecule has 1 aromatic rings. The second-order valence-corrected chi connectivity index (χ2v) is 5.04. The average Bonchev–Trinajstić information content (AvgIpc) is 2.32. The standard InChI is InChI=1S/C12H13BrClNO4/c1-3-19-10-8(13)4-7(14)5-9(10)15-11(16)6(2)12(17)18/h4-6H,3H2,1-2H3,(H,15,16)(H,17,18). The Labute approximate surface area is 124 Å². The Bertz CT molecular complexity index is 507. The maximum Gasteiger partial charge on any atom is 0.315 e. The van der Waals surface area contributed by atoms with Crippen LogP contribution in [0.2, 0.25) is 5.02 Å². The molecule has 0 radical (unpaired) electrons. The molecule has 0 saturated heterocycles. The first-order valence-corrected chi connectivity index (χ1v) is 6.69. The van der Waals surface area contributed by atoms with Gasteiger partial charge in [-0.3, -0.25) is 9.59 Å². The van der Waals surface area contributed by atoms with Gasteiger partial charge < -0.3 is 15.2 Å². The normalized spacial score (nSPS) is 11.8. The van der Waals surface area contributed by atoms with Gasteiger partial charge in [0, 0.05) is 5.02 Å². The number of carboxylic acid groups (broad SMARTS) is 1. The second kappa shape index (κ2) is 6.77. The Hall–Kier alpha value is -1.27. The van der Waals surface area contributed by atoms with Gasteiger partial charge in [-0.2, -0.15) is 0 Å². The number of anilines is 1. The number of hydrogen-bond donors (Lipinski definition) is 2. The van der Waals surface area contributed by atoms with Gasteiger partial charge in [0.05, 0.1) is 16.8 Å². The summed E-state index contributed by atoms with van der Waals surface area (Å²) in [6, 6.07) is 3.13. The Kier molecular flexibility index (Phi) is 5.62. The third-order valence-electron chi connectivity index (χ3n) is 2.32. The van der Waals surface area contributed by atoms with E-state index in [0.717, 1.165) is 0 Å². The van der Waals surface area contributed by atoms with E-state index in [2.05, 4.69) is 21.2 Å². The van der Waals surface area contributed by atoms with Crippen LogP contribution in [0.25, 0.3) is 0 Å². The molecular formula is C12H13BrClNO4. The summed E-state index contributed by atoms with van der Waals surface area (Å²) in [5.74, 6) is -2.58. The van der Waals surface area contributed by atoms with Crippen molar-refractivity contribution in [1.29, 1.82) is 0 Å². The molecule has 1 atom stereocenters. The van der Waals surface area contributed by atoms with Crippen LogP contribution >= 0.6 is 27.5 Å². The number of amides is 1. The van der Waals surface area contributed by atoms with Crippen LogP contribution in [0.15, 0.2) is 16.6 Å². The van der Waals surface area contributed by atoms with E-state index in [0.29, 0.717) is 27.5 Å². The van der Waals surface area contributed by atoms with E-state index in [9.17, 15) is 9.59 Å². The molecule has 2 N–H and O–H groups in total. The smallest absolute Gasteiger partial charge is 0.315 e. The molecule has 104 valence electrons. The molecule has 1 aromatic carbocycles. The predicted octanol–water partition coefficient (Wildman–Crippen LogP) is 3.16. The highest BCUT2D eigenvalue weighted by Gasteiger charge is 2.22. The zero-order chi connectivity index (χ0) is 14.6. The highest BCUT2D eigenvalue weighted by molar-refractivity contribution is 9.10. The van der Waals surface area contributed by atoms with Crippen LogP contribution < -0.4 is 10.1 Å². The lowest BCUT2D eigenvalue weighted by Gasteiger charge is -2.15. The molecular weight excluding hydrogens is 337 g/mol. The lowest BCUT2D eigenvalue weighted by molar-refractivity contribution is -0.144. The summed E-state index contributed by atoms with van der Waals surface area (Å²) < 4.78 is 5.98. The zero-order valence-corrected chi connectivity index (χ0v) is 12.7. The summed E-state index contributed by atoms with van der Waals surface area (Å²) in [6.07, 6.45) is 0. The first-order chi connectivity index (χ1) is 8.86. The third kappa shape index (κ3) is 4.11. The van der Waals surface area contributed by atoms with Crippen molar-refractivity contribution < 1.29 is 19.4 Å². The van der Waals surface area contributed by atoms with E-state index in [1.165, 1.54) is 13.0 Å². The zero-order valence-electron chi connectivity index (χ0n) is 10.4. The van der Waals surface area contributed by atoms with E-state index in [1.807, 2.05) is 0 Å². The fraction of sp³-hybridized carbons (Fsp3) is 0.333. The molecule has 0 aliphatic carbocycles. The van der Waals surface area contributed by atoms with Crippen molar-refractivity contribution in [2.75, 3.05) is 11.9 Å². The van der Waals surface area contributed by atoms with Crippen LogP contribution in [0.4, 0.5) is 5.69 Å². The minimum absolute atomic E-state index is 0.333. The van der Waals surface area contributed by atoms with Crippen LogP contribution in [-0.4, -0.2) is 23.6 Å². The first-order valence-electron chi connectivity index (χ1n) is 5.52. The van der Waals surface area contributed by atoms with Crippen LogP contribution in [0, 0.1) is 5.92 Å². The number of aliphatic carboxylic acids is 1. The Morgan fingerprint density at radius 3 is 2.68 bits per heavy atom. The van der Waals surface area contributed by atoms with Gasteiger partial charge in [-0.05, 0) is 41.9 Å². The van der Waals surface area contributed by atoms with Gasteiger partial charge in [0.15, 0.2) is 5.75 Å². The van der Waals surface area contributed by atoms with E-state index < -0.39 is 17.8 Å². The average molecular weight is 351 g/mol. The van der Waals surface area contributed by atoms with Crippen molar-refractivity contribution in [2.45, 2.75) is 13.8 Å². The number of halogens is 2. The Morgan fingerprint density at radius 2 is 2.16 bits per heavy atom. The Balaban J connectivity index is 3.05. The summed E-state index contributed by atoms with van der Waals surface area (Å²) in [5.41, 5.74) is 0.333. The number of nitrogens with one attached hydrogen (secondary N) is 1. The van der Waals surface area contributed by atoms with Crippen molar-refractivity contribution in [2.24, 2.45) is 5.92 Å². The summed E-state index contributed by atoms with van der Waals surface area (Å²) in [5, 5.41) is 11.7. The largest absolute Gasteiger partial charge is 0.491 e. The van der Waals surface area contributed by atoms with Crippen LogP contribution in [-0.2, 0) is 9.59 Å². The molecule has 0 heterocycles. The van der Waals surface area contributed by atoms with Crippen molar-refractivity contribution in [1.82, 2.24) is 0 Å². The first kappa shape index (κ1) is 15.8. The van der Waals surface area contributed by atoms with Crippen LogP contribution in [0.5, 0.6) is 5.75 Å². The summed E-state index contributed by atoms with van der Waals surface area (Å²) >= 11 is 9.17. The number of carbonyl (C=O) groups excluding carboxylic acids is 1. The molecule has 0 spiro atoms. The minimum Gasteiger partial charge on any atom is -0.491 e. The molecule has 7 heteroatoms. The van der Waals surface area contributed by atoms with Crippen LogP contribution in [0.1, 0.15) is 13.8 Å². The number of ether oxygens (including phenoxy) is 1. The van der Waals surface area contributed by atoms with Gasteiger partial charge in [-0.15, -0.1) is 0 Å². The quantitative estimate of drug-likeness (QED) is 0.800. The Morgan fingerprint density at radius 1 is 1.53 bits per heavy atom. The highest BCUT2D eigenvalue weighted by atomic mass is 79.9. The molecule has 0 aliphatic heterocycles. The highest BCUT2D eigenvalue weighted by Crippen LogP contribution is 2.36. The molecule has 0 saturated carbocycles. The van der Waals surface area contributed by atoms with Crippen molar-refractivity contribution in [3.8, 4) is 5.75 Å². The van der Waals surface area contributed by atoms with Gasteiger partial charge in [0.2, 0.25) is 5.91 Å². The van der Waals surface area contributed by atoms with E-state index in [-0.39, 0.29) is 0 Å². The van der Waals surface area contributed by atoms with E-state index >= 15 is 0 Å². The number of carbonyl (C=O) groups is 2. The van der Waals surface area contributed by atoms with Crippen LogP contribution in [0.3, 0.4) is 0 Å². The fourth-order valence-corrected chi connectivity index (χ4v) is 2.22. The summed E-state index contributed by atoms with van der Waals surface area (Å²) in [7, 11) is 0. The number of benzene rings is 1. The lowest BCUT2D eigenvalue weighted by atomic mass is 10.1. The van der Waals surface area contributed by atoms with E-state index in [1.54, 1.807) is 13.0 Å². The van der Waals surface area contributed by atoms with Gasteiger partial charge in [-0.1, -0.05) is 11.6 Å². The molecule has 1 rings (SSSR count). The molecule has 19 heavy (non-hydrogen) atoms. The van der Waals surface area contributed by atoms with Gasteiger partial charge >= 0.3 is 5.97 Å². The van der Waals surface area contributed by atoms with Crippen molar-refractivity contribution in [3.63, 3.8) is 0 Å². The third-order valence-corrected chi connectivity index (χ3v) is 3.13. The SMILES string of the molecule is CCOc1c(Br)cc(Cl)cc1NC(=O)C(C)C(=O)O. The molecule has 1 unspecified atom stereocenters. The maximum atomic E-state index is 11.7. The summed E-state index contributed by atoms with van der Waals surface area (Å²) in [4.78, 5) is 22.5. The predicted molar refractivity (Wildman–Crippen MR) is 75.8 cm³/mol. The lowest BCUT2D eigenvalue weighted by Crippen LogP contribution is -2.27. The molecule has 1 amide bonds. The number of carboxylic acids is 1. The van der Waals surface area contributed by atoms with E-state index in [4.69, 9.17) is 21.4 Å². The van der Waals surface area contributed by atoms with Crippen molar-refractivity contribution >= 4 is 45.1 Å². The molecule has 0 fully saturated rings. The fourth-order valence-electron chi connectivity index (χ4n) is 1.30. The maximum absolute atomic E-state index is 11.7. The number of rotatable bonds is 5. The molecule has 0 bridgehead atoms. The topological polar surface area (TPSA) is 75.6 Å². The second-order valence-electron chi connectivity index (χ2n) is 3.75.